The summed E-state index contributed by atoms with van der Waals surface area (Å²) < 4.78 is 1.79. The minimum atomic E-state index is -0.148. The Morgan fingerprint density at radius 2 is 2.00 bits per heavy atom. The standard InChI is InChI=1S/C17H27N5O2/c1-12-7-15(21(2)20-12)11-19-16(23)13-8-14(10-18-9-13)17(24)22-5-3-4-6-22/h7,13-14,18H,3-6,8-11H2,1-2H3,(H,19,23)/t13-,14+/m1/s1. The molecule has 3 heterocycles. The molecule has 0 unspecified atom stereocenters. The number of aromatic nitrogens is 2. The third-order valence-electron chi connectivity index (χ3n) is 5.03. The average Bonchev–Trinajstić information content (AvgIpc) is 3.22. The summed E-state index contributed by atoms with van der Waals surface area (Å²) in [5.41, 5.74) is 1.92. The fourth-order valence-electron chi connectivity index (χ4n) is 3.68. The molecule has 2 atom stereocenters. The first-order chi connectivity index (χ1) is 11.5. The van der Waals surface area contributed by atoms with E-state index in [1.165, 1.54) is 0 Å². The number of carbonyl (C=O) groups is 2. The number of hydrogen-bond donors (Lipinski definition) is 2. The van der Waals surface area contributed by atoms with Crippen molar-refractivity contribution in [3.8, 4) is 0 Å². The van der Waals surface area contributed by atoms with E-state index in [1.807, 2.05) is 24.9 Å². The minimum absolute atomic E-state index is 0.0141. The van der Waals surface area contributed by atoms with Gasteiger partial charge in [-0.3, -0.25) is 14.3 Å². The van der Waals surface area contributed by atoms with Crippen LogP contribution in [-0.4, -0.2) is 52.7 Å². The van der Waals surface area contributed by atoms with Crippen LogP contribution in [0.5, 0.6) is 0 Å². The lowest BCUT2D eigenvalue weighted by Gasteiger charge is -2.31. The molecule has 2 aliphatic heterocycles. The summed E-state index contributed by atoms with van der Waals surface area (Å²) in [5, 5.41) is 10.5. The molecule has 1 aromatic rings. The lowest BCUT2D eigenvalue weighted by atomic mass is 9.89. The van der Waals surface area contributed by atoms with Gasteiger partial charge in [0, 0.05) is 33.2 Å². The summed E-state index contributed by atoms with van der Waals surface area (Å²) in [4.78, 5) is 27.0. The monoisotopic (exact) mass is 333 g/mol. The zero-order valence-corrected chi connectivity index (χ0v) is 14.5. The minimum Gasteiger partial charge on any atom is -0.350 e. The van der Waals surface area contributed by atoms with E-state index in [0.29, 0.717) is 26.1 Å². The van der Waals surface area contributed by atoms with E-state index in [9.17, 15) is 9.59 Å². The Morgan fingerprint density at radius 1 is 1.29 bits per heavy atom. The summed E-state index contributed by atoms with van der Waals surface area (Å²) in [6.07, 6.45) is 2.83. The highest BCUT2D eigenvalue weighted by molar-refractivity contribution is 5.83. The van der Waals surface area contributed by atoms with Crippen molar-refractivity contribution >= 4 is 11.8 Å². The molecule has 3 rings (SSSR count). The maximum absolute atomic E-state index is 12.5. The van der Waals surface area contributed by atoms with Crippen LogP contribution in [0.25, 0.3) is 0 Å². The van der Waals surface area contributed by atoms with Gasteiger partial charge in [-0.15, -0.1) is 0 Å². The highest BCUT2D eigenvalue weighted by Crippen LogP contribution is 2.21. The number of nitrogens with one attached hydrogen (secondary N) is 2. The van der Waals surface area contributed by atoms with E-state index < -0.39 is 0 Å². The Bertz CT molecular complexity index is 606. The van der Waals surface area contributed by atoms with E-state index in [4.69, 9.17) is 0 Å². The van der Waals surface area contributed by atoms with Gasteiger partial charge in [0.1, 0.15) is 0 Å². The zero-order valence-electron chi connectivity index (χ0n) is 14.5. The normalized spacial score (nSPS) is 24.2. The van der Waals surface area contributed by atoms with Crippen LogP contribution in [0.1, 0.15) is 30.7 Å². The van der Waals surface area contributed by atoms with Crippen LogP contribution in [0.3, 0.4) is 0 Å². The highest BCUT2D eigenvalue weighted by atomic mass is 16.2. The predicted octanol–water partition coefficient (Wildman–Crippen LogP) is 0.193. The molecule has 2 fully saturated rings. The molecule has 2 saturated heterocycles. The Labute approximate surface area is 142 Å². The third-order valence-corrected chi connectivity index (χ3v) is 5.03. The fraction of sp³-hybridized carbons (Fsp3) is 0.706. The van der Waals surface area contributed by atoms with E-state index in [1.54, 1.807) is 4.68 Å². The Balaban J connectivity index is 1.53. The molecular formula is C17H27N5O2. The number of piperidine rings is 1. The smallest absolute Gasteiger partial charge is 0.226 e. The van der Waals surface area contributed by atoms with Gasteiger partial charge in [0.25, 0.3) is 0 Å². The first-order valence-electron chi connectivity index (χ1n) is 8.81. The molecule has 0 spiro atoms. The number of nitrogens with zero attached hydrogens (tertiary/aromatic N) is 3. The summed E-state index contributed by atoms with van der Waals surface area (Å²) >= 11 is 0. The van der Waals surface area contributed by atoms with E-state index in [-0.39, 0.29) is 23.7 Å². The molecule has 2 amide bonds. The van der Waals surface area contributed by atoms with Crippen LogP contribution >= 0.6 is 0 Å². The van der Waals surface area contributed by atoms with Crippen LogP contribution in [0, 0.1) is 18.8 Å². The Kier molecular flexibility index (Phi) is 5.18. The van der Waals surface area contributed by atoms with Gasteiger partial charge in [-0.25, -0.2) is 0 Å². The lowest BCUT2D eigenvalue weighted by molar-refractivity contribution is -0.136. The molecule has 0 bridgehead atoms. The van der Waals surface area contributed by atoms with Gasteiger partial charge in [-0.2, -0.15) is 5.10 Å². The Hall–Kier alpha value is -1.89. The van der Waals surface area contributed by atoms with Crippen LogP contribution in [0.4, 0.5) is 0 Å². The topological polar surface area (TPSA) is 79.3 Å². The molecule has 132 valence electrons. The average molecular weight is 333 g/mol. The fourth-order valence-corrected chi connectivity index (χ4v) is 3.68. The molecule has 0 aliphatic carbocycles. The molecule has 7 heteroatoms. The number of rotatable bonds is 4. The molecule has 0 aromatic carbocycles. The van der Waals surface area contributed by atoms with Crippen molar-refractivity contribution in [3.05, 3.63) is 17.5 Å². The second-order valence-corrected chi connectivity index (χ2v) is 6.94. The van der Waals surface area contributed by atoms with Crippen molar-refractivity contribution < 1.29 is 9.59 Å². The van der Waals surface area contributed by atoms with Crippen molar-refractivity contribution in [2.24, 2.45) is 18.9 Å². The molecule has 0 radical (unpaired) electrons. The van der Waals surface area contributed by atoms with Crippen LogP contribution in [0.15, 0.2) is 6.07 Å². The molecule has 2 N–H and O–H groups in total. The molecule has 7 nitrogen and oxygen atoms in total. The van der Waals surface area contributed by atoms with E-state index >= 15 is 0 Å². The van der Waals surface area contributed by atoms with Crippen LogP contribution < -0.4 is 10.6 Å². The van der Waals surface area contributed by atoms with Crippen molar-refractivity contribution in [1.82, 2.24) is 25.3 Å². The second kappa shape index (κ2) is 7.34. The zero-order chi connectivity index (χ0) is 17.1. The number of likely N-dealkylation sites (tertiary alicyclic amines) is 1. The Morgan fingerprint density at radius 3 is 2.67 bits per heavy atom. The molecule has 24 heavy (non-hydrogen) atoms. The molecule has 1 aromatic heterocycles. The quantitative estimate of drug-likeness (QED) is 0.825. The number of aryl methyl sites for hydroxylation is 2. The van der Waals surface area contributed by atoms with Gasteiger partial charge in [-0.1, -0.05) is 0 Å². The number of amides is 2. The SMILES string of the molecule is Cc1cc(CNC(=O)[C@H]2CNC[C@@H](C(=O)N3CCCC3)C2)n(C)n1. The maximum Gasteiger partial charge on any atom is 0.226 e. The summed E-state index contributed by atoms with van der Waals surface area (Å²) in [7, 11) is 1.88. The van der Waals surface area contributed by atoms with E-state index in [0.717, 1.165) is 37.3 Å². The number of hydrogen-bond acceptors (Lipinski definition) is 4. The summed E-state index contributed by atoms with van der Waals surface area (Å²) in [6, 6.07) is 1.97. The van der Waals surface area contributed by atoms with Crippen molar-refractivity contribution in [1.29, 1.82) is 0 Å². The molecular weight excluding hydrogens is 306 g/mol. The van der Waals surface area contributed by atoms with Gasteiger partial charge >= 0.3 is 0 Å². The van der Waals surface area contributed by atoms with Crippen molar-refractivity contribution in [2.45, 2.75) is 32.7 Å². The second-order valence-electron chi connectivity index (χ2n) is 6.94. The summed E-state index contributed by atoms with van der Waals surface area (Å²) in [5.74, 6) is -0.00351. The van der Waals surface area contributed by atoms with Gasteiger partial charge in [0.15, 0.2) is 0 Å². The van der Waals surface area contributed by atoms with Gasteiger partial charge < -0.3 is 15.5 Å². The van der Waals surface area contributed by atoms with Crippen molar-refractivity contribution in [2.75, 3.05) is 26.2 Å². The predicted molar refractivity (Wildman–Crippen MR) is 90.1 cm³/mol. The van der Waals surface area contributed by atoms with Gasteiger partial charge in [0.05, 0.1) is 29.8 Å². The van der Waals surface area contributed by atoms with Crippen molar-refractivity contribution in [3.63, 3.8) is 0 Å². The van der Waals surface area contributed by atoms with Crippen LogP contribution in [0.2, 0.25) is 0 Å². The third kappa shape index (κ3) is 3.77. The number of carbonyl (C=O) groups excluding carboxylic acids is 2. The maximum atomic E-state index is 12.5. The molecule has 0 saturated carbocycles. The lowest BCUT2D eigenvalue weighted by Crippen LogP contribution is -2.48. The highest BCUT2D eigenvalue weighted by Gasteiger charge is 2.33. The molecule has 2 aliphatic rings. The first kappa shape index (κ1) is 17.0. The van der Waals surface area contributed by atoms with Gasteiger partial charge in [0.2, 0.25) is 11.8 Å². The summed E-state index contributed by atoms with van der Waals surface area (Å²) in [6.45, 7) is 5.46. The van der Waals surface area contributed by atoms with E-state index in [2.05, 4.69) is 15.7 Å². The van der Waals surface area contributed by atoms with Crippen LogP contribution in [-0.2, 0) is 23.2 Å². The first-order valence-corrected chi connectivity index (χ1v) is 8.81. The van der Waals surface area contributed by atoms with Gasteiger partial charge in [-0.05, 0) is 32.3 Å². The largest absolute Gasteiger partial charge is 0.350 e.